The fraction of sp³-hybridized carbons (Fsp3) is 0.286. The molecule has 1 unspecified atom stereocenters. The molecule has 0 bridgehead atoms. The molecule has 28 heavy (non-hydrogen) atoms. The Balaban J connectivity index is 1.73. The molecule has 1 aromatic heterocycles. The number of hydrogen-bond acceptors (Lipinski definition) is 5. The van der Waals surface area contributed by atoms with Crippen molar-refractivity contribution in [3.63, 3.8) is 0 Å². The summed E-state index contributed by atoms with van der Waals surface area (Å²) in [6.45, 7) is 4.25. The van der Waals surface area contributed by atoms with E-state index < -0.39 is 5.92 Å². The van der Waals surface area contributed by atoms with Gasteiger partial charge in [-0.25, -0.2) is 4.98 Å². The summed E-state index contributed by atoms with van der Waals surface area (Å²) in [5.74, 6) is -0.583. The molecule has 144 valence electrons. The fourth-order valence-corrected chi connectivity index (χ4v) is 3.82. The van der Waals surface area contributed by atoms with Gasteiger partial charge in [-0.05, 0) is 49.2 Å². The number of carbonyl (C=O) groups is 2. The summed E-state index contributed by atoms with van der Waals surface area (Å²) >= 11 is 6.40. The molecule has 1 fully saturated rings. The normalized spacial score (nSPS) is 16.8. The Morgan fingerprint density at radius 3 is 2.82 bits per heavy atom. The standard InChI is InChI=1S/C21H19ClN2O4/c1-11-6-12(2)19-17(7-11)23-20(28-19)15-9-14(4-5-16(15)22)24-10-13(8-18(24)25)21(26)27-3/h4-7,9,13H,8,10H2,1-3H3. The molecule has 1 saturated heterocycles. The van der Waals surface area contributed by atoms with Crippen LogP contribution in [0, 0.1) is 19.8 Å². The maximum atomic E-state index is 12.4. The van der Waals surface area contributed by atoms with Gasteiger partial charge >= 0.3 is 5.97 Å². The van der Waals surface area contributed by atoms with Crippen LogP contribution < -0.4 is 4.90 Å². The lowest BCUT2D eigenvalue weighted by atomic mass is 10.1. The van der Waals surface area contributed by atoms with Crippen LogP contribution in [0.4, 0.5) is 5.69 Å². The third-order valence-corrected chi connectivity index (χ3v) is 5.30. The third kappa shape index (κ3) is 3.14. The number of anilines is 1. The number of benzene rings is 2. The smallest absolute Gasteiger partial charge is 0.311 e. The van der Waals surface area contributed by atoms with Gasteiger partial charge in [0.2, 0.25) is 11.8 Å². The van der Waals surface area contributed by atoms with E-state index in [9.17, 15) is 9.59 Å². The summed E-state index contributed by atoms with van der Waals surface area (Å²) in [4.78, 5) is 30.3. The average molecular weight is 399 g/mol. The third-order valence-electron chi connectivity index (χ3n) is 4.97. The van der Waals surface area contributed by atoms with Crippen molar-refractivity contribution in [1.29, 1.82) is 0 Å². The first-order valence-corrected chi connectivity index (χ1v) is 9.31. The van der Waals surface area contributed by atoms with Gasteiger partial charge in [-0.2, -0.15) is 0 Å². The van der Waals surface area contributed by atoms with Gasteiger partial charge in [0.05, 0.1) is 23.6 Å². The lowest BCUT2D eigenvalue weighted by Gasteiger charge is -2.17. The van der Waals surface area contributed by atoms with Crippen LogP contribution in [0.2, 0.25) is 5.02 Å². The number of amides is 1. The molecule has 6 nitrogen and oxygen atoms in total. The number of nitrogens with zero attached hydrogens (tertiary/aromatic N) is 2. The van der Waals surface area contributed by atoms with Crippen molar-refractivity contribution >= 4 is 40.3 Å². The van der Waals surface area contributed by atoms with E-state index in [0.29, 0.717) is 27.7 Å². The van der Waals surface area contributed by atoms with Gasteiger partial charge in [-0.15, -0.1) is 0 Å². The van der Waals surface area contributed by atoms with Crippen molar-refractivity contribution in [3.05, 3.63) is 46.5 Å². The molecule has 0 radical (unpaired) electrons. The van der Waals surface area contributed by atoms with E-state index in [2.05, 4.69) is 4.98 Å². The molecular formula is C21H19ClN2O4. The quantitative estimate of drug-likeness (QED) is 0.615. The van der Waals surface area contributed by atoms with E-state index in [1.165, 1.54) is 7.11 Å². The summed E-state index contributed by atoms with van der Waals surface area (Å²) in [7, 11) is 1.33. The largest absolute Gasteiger partial charge is 0.469 e. The Bertz CT molecular complexity index is 1110. The number of halogens is 1. The highest BCUT2D eigenvalue weighted by atomic mass is 35.5. The van der Waals surface area contributed by atoms with E-state index >= 15 is 0 Å². The molecule has 0 N–H and O–H groups in total. The predicted molar refractivity (Wildman–Crippen MR) is 106 cm³/mol. The lowest BCUT2D eigenvalue weighted by molar-refractivity contribution is -0.145. The lowest BCUT2D eigenvalue weighted by Crippen LogP contribution is -2.26. The SMILES string of the molecule is COC(=O)C1CC(=O)N(c2ccc(Cl)c(-c3nc4cc(C)cc(C)c4o3)c2)C1. The minimum Gasteiger partial charge on any atom is -0.469 e. The maximum absolute atomic E-state index is 12.4. The van der Waals surface area contributed by atoms with Crippen molar-refractivity contribution in [2.24, 2.45) is 5.92 Å². The molecule has 1 aliphatic heterocycles. The molecule has 0 spiro atoms. The monoisotopic (exact) mass is 398 g/mol. The minimum absolute atomic E-state index is 0.131. The highest BCUT2D eigenvalue weighted by Gasteiger charge is 2.36. The second-order valence-corrected chi connectivity index (χ2v) is 7.45. The van der Waals surface area contributed by atoms with E-state index in [-0.39, 0.29) is 24.8 Å². The first kappa shape index (κ1) is 18.5. The van der Waals surface area contributed by atoms with Gasteiger partial charge in [-0.1, -0.05) is 17.7 Å². The Labute approximate surface area is 167 Å². The summed E-state index contributed by atoms with van der Waals surface area (Å²) in [5.41, 5.74) is 4.81. The number of ether oxygens (including phenoxy) is 1. The number of oxazole rings is 1. The number of esters is 1. The Kier molecular flexibility index (Phi) is 4.59. The van der Waals surface area contributed by atoms with Crippen molar-refractivity contribution in [1.82, 2.24) is 4.98 Å². The summed E-state index contributed by atoms with van der Waals surface area (Å²) in [6.07, 6.45) is 0.131. The molecule has 7 heteroatoms. The van der Waals surface area contributed by atoms with Gasteiger partial charge in [0.25, 0.3) is 0 Å². The molecule has 1 amide bonds. The first-order valence-electron chi connectivity index (χ1n) is 8.93. The number of aromatic nitrogens is 1. The zero-order valence-corrected chi connectivity index (χ0v) is 16.5. The first-order chi connectivity index (χ1) is 13.4. The van der Waals surface area contributed by atoms with Crippen molar-refractivity contribution in [2.75, 3.05) is 18.6 Å². The van der Waals surface area contributed by atoms with Gasteiger partial charge < -0.3 is 14.1 Å². The van der Waals surface area contributed by atoms with E-state index in [4.69, 9.17) is 20.8 Å². The number of rotatable bonds is 3. The Morgan fingerprint density at radius 1 is 1.29 bits per heavy atom. The highest BCUT2D eigenvalue weighted by Crippen LogP contribution is 2.36. The molecular weight excluding hydrogens is 380 g/mol. The zero-order valence-electron chi connectivity index (χ0n) is 15.8. The van der Waals surface area contributed by atoms with Gasteiger partial charge in [-0.3, -0.25) is 9.59 Å². The van der Waals surface area contributed by atoms with Crippen LogP contribution in [0.1, 0.15) is 17.5 Å². The van der Waals surface area contributed by atoms with E-state index in [0.717, 1.165) is 16.6 Å². The van der Waals surface area contributed by atoms with Crippen molar-refractivity contribution in [3.8, 4) is 11.5 Å². The molecule has 1 aliphatic rings. The van der Waals surface area contributed by atoms with Crippen LogP contribution in [0.3, 0.4) is 0 Å². The summed E-state index contributed by atoms with van der Waals surface area (Å²) in [6, 6.07) is 9.22. The number of methoxy groups -OCH3 is 1. The molecule has 2 aromatic carbocycles. The summed E-state index contributed by atoms with van der Waals surface area (Å²) < 4.78 is 10.7. The van der Waals surface area contributed by atoms with Crippen LogP contribution in [0.25, 0.3) is 22.6 Å². The van der Waals surface area contributed by atoms with Gasteiger partial charge in [0.1, 0.15) is 5.52 Å². The van der Waals surface area contributed by atoms with Crippen LogP contribution in [-0.4, -0.2) is 30.5 Å². The molecule has 0 aliphatic carbocycles. The number of hydrogen-bond donors (Lipinski definition) is 0. The topological polar surface area (TPSA) is 72.6 Å². The molecule has 0 saturated carbocycles. The van der Waals surface area contributed by atoms with Crippen LogP contribution in [0.5, 0.6) is 0 Å². The Hall–Kier alpha value is -2.86. The fourth-order valence-electron chi connectivity index (χ4n) is 3.62. The molecule has 2 heterocycles. The number of fused-ring (bicyclic) bond motifs is 1. The second kappa shape index (κ2) is 6.95. The van der Waals surface area contributed by atoms with Gasteiger partial charge in [0, 0.05) is 18.7 Å². The van der Waals surface area contributed by atoms with Crippen molar-refractivity contribution < 1.29 is 18.7 Å². The predicted octanol–water partition coefficient (Wildman–Crippen LogP) is 4.29. The van der Waals surface area contributed by atoms with Crippen LogP contribution >= 0.6 is 11.6 Å². The van der Waals surface area contributed by atoms with E-state index in [1.807, 2.05) is 26.0 Å². The maximum Gasteiger partial charge on any atom is 0.311 e. The number of aryl methyl sites for hydroxylation is 2. The summed E-state index contributed by atoms with van der Waals surface area (Å²) in [5, 5.41) is 0.473. The minimum atomic E-state index is -0.466. The van der Waals surface area contributed by atoms with Crippen LogP contribution in [-0.2, 0) is 14.3 Å². The molecule has 1 atom stereocenters. The zero-order chi connectivity index (χ0) is 20.0. The Morgan fingerprint density at radius 2 is 2.07 bits per heavy atom. The second-order valence-electron chi connectivity index (χ2n) is 7.04. The van der Waals surface area contributed by atoms with Gasteiger partial charge in [0.15, 0.2) is 5.58 Å². The van der Waals surface area contributed by atoms with Crippen molar-refractivity contribution in [2.45, 2.75) is 20.3 Å². The molecule has 4 rings (SSSR count). The van der Waals surface area contributed by atoms with Crippen LogP contribution in [0.15, 0.2) is 34.7 Å². The highest BCUT2D eigenvalue weighted by molar-refractivity contribution is 6.33. The molecule has 3 aromatic rings. The average Bonchev–Trinajstić information content (AvgIpc) is 3.25. The van der Waals surface area contributed by atoms with E-state index in [1.54, 1.807) is 23.1 Å². The number of carbonyl (C=O) groups excluding carboxylic acids is 2.